The van der Waals surface area contributed by atoms with Crippen molar-refractivity contribution in [2.45, 2.75) is 77.4 Å². The van der Waals surface area contributed by atoms with Gasteiger partial charge in [0, 0.05) is 31.7 Å². The molecule has 3 atom stereocenters. The van der Waals surface area contributed by atoms with Gasteiger partial charge in [0.05, 0.1) is 17.7 Å². The van der Waals surface area contributed by atoms with E-state index in [-0.39, 0.29) is 11.1 Å². The molecular weight excluding hydrogens is 482 g/mol. The van der Waals surface area contributed by atoms with Gasteiger partial charge in [-0.25, -0.2) is 0 Å². The van der Waals surface area contributed by atoms with Gasteiger partial charge in [-0.15, -0.1) is 0 Å². The largest absolute Gasteiger partial charge is 0.543 e. The van der Waals surface area contributed by atoms with Gasteiger partial charge in [-0.2, -0.15) is 5.26 Å². The number of hydrogen-bond donors (Lipinski definition) is 0. The smallest absolute Gasteiger partial charge is 0.250 e. The Labute approximate surface area is 231 Å². The topological polar surface area (TPSA) is 39.5 Å². The van der Waals surface area contributed by atoms with E-state index in [1.54, 1.807) is 0 Å². The summed E-state index contributed by atoms with van der Waals surface area (Å²) >= 11 is 0. The van der Waals surface area contributed by atoms with Gasteiger partial charge >= 0.3 is 0 Å². The lowest BCUT2D eigenvalue weighted by Gasteiger charge is -2.48. The number of hydrogen-bond acceptors (Lipinski definition) is 4. The highest BCUT2D eigenvalue weighted by Crippen LogP contribution is 2.39. The van der Waals surface area contributed by atoms with Crippen molar-refractivity contribution < 1.29 is 4.43 Å². The third-order valence-corrected chi connectivity index (χ3v) is 12.8. The van der Waals surface area contributed by atoms with Crippen molar-refractivity contribution in [3.05, 3.63) is 101 Å². The van der Waals surface area contributed by atoms with E-state index in [0.717, 1.165) is 30.9 Å². The van der Waals surface area contributed by atoms with Crippen molar-refractivity contribution >= 4 is 8.32 Å². The van der Waals surface area contributed by atoms with Crippen LogP contribution in [0, 0.1) is 11.3 Å². The SMILES string of the molecule is CC1CN(C(c2cccc(C#N)c2)c2cccc(O[Si](C)(C)C(C)(C)C)c2)C(C)CN1Cc1ccccc1. The van der Waals surface area contributed by atoms with Crippen LogP contribution in [0.5, 0.6) is 5.75 Å². The Hall–Kier alpha value is -2.91. The third-order valence-electron chi connectivity index (χ3n) is 8.41. The van der Waals surface area contributed by atoms with Gasteiger partial charge in [-0.1, -0.05) is 75.4 Å². The molecule has 0 spiro atoms. The fraction of sp³-hybridized carbons (Fsp3) is 0.424. The molecule has 0 amide bonds. The first-order valence-electron chi connectivity index (χ1n) is 13.8. The molecule has 0 N–H and O–H groups in total. The Balaban J connectivity index is 1.68. The molecule has 4 nitrogen and oxygen atoms in total. The molecule has 0 aliphatic carbocycles. The predicted octanol–water partition coefficient (Wildman–Crippen LogP) is 7.63. The molecule has 4 rings (SSSR count). The van der Waals surface area contributed by atoms with Crippen LogP contribution in [0.25, 0.3) is 0 Å². The van der Waals surface area contributed by atoms with E-state index < -0.39 is 8.32 Å². The molecule has 3 unspecified atom stereocenters. The quantitative estimate of drug-likeness (QED) is 0.297. The van der Waals surface area contributed by atoms with Gasteiger partial charge in [-0.3, -0.25) is 9.80 Å². The lowest BCUT2D eigenvalue weighted by Crippen LogP contribution is -2.56. The second-order valence-electron chi connectivity index (χ2n) is 12.4. The summed E-state index contributed by atoms with van der Waals surface area (Å²) in [5, 5.41) is 9.78. The van der Waals surface area contributed by atoms with Gasteiger partial charge < -0.3 is 4.43 Å². The van der Waals surface area contributed by atoms with Crippen molar-refractivity contribution in [1.29, 1.82) is 5.26 Å². The molecule has 1 heterocycles. The lowest BCUT2D eigenvalue weighted by atomic mass is 9.92. The number of nitrogens with zero attached hydrogens (tertiary/aromatic N) is 3. The normalized spacial score (nSPS) is 20.1. The highest BCUT2D eigenvalue weighted by atomic mass is 28.4. The summed E-state index contributed by atoms with van der Waals surface area (Å²) in [4.78, 5) is 5.21. The van der Waals surface area contributed by atoms with Gasteiger partial charge in [0.15, 0.2) is 0 Å². The van der Waals surface area contributed by atoms with Crippen LogP contribution in [0.4, 0.5) is 0 Å². The summed E-state index contributed by atoms with van der Waals surface area (Å²) in [5.41, 5.74) is 4.43. The third kappa shape index (κ3) is 6.38. The molecule has 3 aromatic rings. The predicted molar refractivity (Wildman–Crippen MR) is 160 cm³/mol. The number of piperazine rings is 1. The molecule has 0 bridgehead atoms. The Kier molecular flexibility index (Phi) is 8.47. The highest BCUT2D eigenvalue weighted by molar-refractivity contribution is 6.74. The van der Waals surface area contributed by atoms with Gasteiger partial charge in [0.2, 0.25) is 8.32 Å². The summed E-state index contributed by atoms with van der Waals surface area (Å²) < 4.78 is 6.72. The van der Waals surface area contributed by atoms with Crippen LogP contribution in [0.2, 0.25) is 18.1 Å². The van der Waals surface area contributed by atoms with Gasteiger partial charge in [-0.05, 0) is 72.9 Å². The van der Waals surface area contributed by atoms with E-state index in [4.69, 9.17) is 4.43 Å². The fourth-order valence-electron chi connectivity index (χ4n) is 5.17. The number of nitriles is 1. The van der Waals surface area contributed by atoms with Crippen LogP contribution in [0.15, 0.2) is 78.9 Å². The van der Waals surface area contributed by atoms with Crippen molar-refractivity contribution in [2.75, 3.05) is 13.1 Å². The van der Waals surface area contributed by atoms with E-state index >= 15 is 0 Å². The number of benzene rings is 3. The average Bonchev–Trinajstić information content (AvgIpc) is 2.87. The average molecular weight is 526 g/mol. The second kappa shape index (κ2) is 11.5. The van der Waals surface area contributed by atoms with Crippen LogP contribution in [0.1, 0.15) is 62.9 Å². The maximum absolute atomic E-state index is 9.66. The Morgan fingerprint density at radius 2 is 1.55 bits per heavy atom. The standard InChI is InChI=1S/C33H43N3OSi/c1-25-23-36(26(2)22-35(25)24-27-13-9-8-10-14-27)32(29-16-11-15-28(19-29)21-34)30-17-12-18-31(20-30)37-38(6,7)33(3,4)5/h8-20,25-26,32H,22-24H2,1-7H3. The summed E-state index contributed by atoms with van der Waals surface area (Å²) in [6.45, 7) is 19.0. The maximum Gasteiger partial charge on any atom is 0.250 e. The number of rotatable bonds is 7. The Morgan fingerprint density at radius 1 is 0.895 bits per heavy atom. The molecule has 200 valence electrons. The molecule has 1 aliphatic rings. The minimum absolute atomic E-state index is 0.0441. The molecule has 0 radical (unpaired) electrons. The molecule has 38 heavy (non-hydrogen) atoms. The van der Waals surface area contributed by atoms with Gasteiger partial charge in [0.1, 0.15) is 5.75 Å². The minimum Gasteiger partial charge on any atom is -0.543 e. The maximum atomic E-state index is 9.66. The molecule has 0 saturated carbocycles. The summed E-state index contributed by atoms with van der Waals surface area (Å²) in [5.74, 6) is 0.943. The second-order valence-corrected chi connectivity index (χ2v) is 17.1. The highest BCUT2D eigenvalue weighted by Gasteiger charge is 2.39. The summed E-state index contributed by atoms with van der Waals surface area (Å²) in [7, 11) is -1.97. The van der Waals surface area contributed by atoms with Crippen molar-refractivity contribution in [3.8, 4) is 11.8 Å². The van der Waals surface area contributed by atoms with Crippen LogP contribution in [-0.2, 0) is 6.54 Å². The lowest BCUT2D eigenvalue weighted by molar-refractivity contribution is 0.0195. The van der Waals surface area contributed by atoms with E-state index in [1.165, 1.54) is 11.1 Å². The molecular formula is C33H43N3OSi. The van der Waals surface area contributed by atoms with Crippen LogP contribution in [0.3, 0.4) is 0 Å². The van der Waals surface area contributed by atoms with E-state index in [2.05, 4.69) is 130 Å². The first-order valence-corrected chi connectivity index (χ1v) is 16.7. The molecule has 0 aromatic heterocycles. The van der Waals surface area contributed by atoms with Crippen LogP contribution >= 0.6 is 0 Å². The van der Waals surface area contributed by atoms with Crippen LogP contribution < -0.4 is 4.43 Å². The Bertz CT molecular complexity index is 1260. The first-order chi connectivity index (χ1) is 18.0. The van der Waals surface area contributed by atoms with Crippen molar-refractivity contribution in [3.63, 3.8) is 0 Å². The first kappa shape index (κ1) is 28.1. The molecule has 1 fully saturated rings. The van der Waals surface area contributed by atoms with E-state index in [9.17, 15) is 5.26 Å². The molecule has 1 aliphatic heterocycles. The zero-order chi connectivity index (χ0) is 27.5. The van der Waals surface area contributed by atoms with Gasteiger partial charge in [0.25, 0.3) is 0 Å². The molecule has 3 aromatic carbocycles. The van der Waals surface area contributed by atoms with Crippen molar-refractivity contribution in [1.82, 2.24) is 9.80 Å². The van der Waals surface area contributed by atoms with Crippen LogP contribution in [-0.4, -0.2) is 43.3 Å². The fourth-order valence-corrected chi connectivity index (χ4v) is 6.19. The zero-order valence-electron chi connectivity index (χ0n) is 24.1. The van der Waals surface area contributed by atoms with E-state index in [0.29, 0.717) is 17.6 Å². The minimum atomic E-state index is -1.97. The van der Waals surface area contributed by atoms with E-state index in [1.807, 2.05) is 12.1 Å². The molecule has 1 saturated heterocycles. The Morgan fingerprint density at radius 3 is 2.21 bits per heavy atom. The summed E-state index contributed by atoms with van der Waals surface area (Å²) in [6.07, 6.45) is 0. The monoisotopic (exact) mass is 525 g/mol. The summed E-state index contributed by atoms with van der Waals surface area (Å²) in [6, 6.07) is 30.7. The van der Waals surface area contributed by atoms with Crippen molar-refractivity contribution in [2.24, 2.45) is 0 Å². The molecule has 5 heteroatoms. The zero-order valence-corrected chi connectivity index (χ0v) is 25.1.